The number of likely N-dealkylation sites (N-methyl/N-ethyl adjacent to an activating group) is 1. The Labute approximate surface area is 157 Å². The number of nitrogens with one attached hydrogen (secondary N) is 1. The maximum atomic E-state index is 12.2. The summed E-state index contributed by atoms with van der Waals surface area (Å²) in [6.07, 6.45) is -0.837. The summed E-state index contributed by atoms with van der Waals surface area (Å²) in [4.78, 5) is 31.9. The van der Waals surface area contributed by atoms with Gasteiger partial charge in [0.25, 0.3) is 0 Å². The van der Waals surface area contributed by atoms with Crippen molar-refractivity contribution in [2.24, 2.45) is 5.16 Å². The Hall–Kier alpha value is -2.97. The summed E-state index contributed by atoms with van der Waals surface area (Å²) in [5.41, 5.74) is 1.51. The van der Waals surface area contributed by atoms with Gasteiger partial charge in [0.2, 0.25) is 5.91 Å². The number of amidine groups is 1. The third-order valence-corrected chi connectivity index (χ3v) is 4.18. The summed E-state index contributed by atoms with van der Waals surface area (Å²) in [7, 11) is 1.89. The molecule has 1 N–H and O–H groups in total. The van der Waals surface area contributed by atoms with Crippen molar-refractivity contribution in [1.82, 2.24) is 5.32 Å². The number of benzene rings is 1. The molecule has 0 radical (unpaired) electrons. The summed E-state index contributed by atoms with van der Waals surface area (Å²) < 4.78 is 11.1. The van der Waals surface area contributed by atoms with Crippen molar-refractivity contribution in [1.29, 1.82) is 0 Å². The number of hydrogen-bond acceptors (Lipinski definition) is 6. The maximum Gasteiger partial charge on any atom is 0.414 e. The molecule has 9 heteroatoms. The normalized spacial score (nSPS) is 20.4. The van der Waals surface area contributed by atoms with Gasteiger partial charge in [0, 0.05) is 20.0 Å². The third-order valence-electron chi connectivity index (χ3n) is 4.18. The van der Waals surface area contributed by atoms with Gasteiger partial charge in [-0.15, -0.1) is 0 Å². The number of nitrogens with zero attached hydrogens (tertiary/aromatic N) is 3. The predicted octanol–water partition coefficient (Wildman–Crippen LogP) is 1.71. The van der Waals surface area contributed by atoms with Crippen molar-refractivity contribution >= 4 is 29.2 Å². The number of oxime groups is 1. The van der Waals surface area contributed by atoms with Crippen molar-refractivity contribution in [3.8, 4) is 5.75 Å². The van der Waals surface area contributed by atoms with Gasteiger partial charge in [-0.3, -0.25) is 9.69 Å². The lowest BCUT2D eigenvalue weighted by Gasteiger charge is -2.29. The summed E-state index contributed by atoms with van der Waals surface area (Å²) in [6.45, 7) is 6.16. The Morgan fingerprint density at radius 2 is 2.22 bits per heavy atom. The molecule has 1 aromatic rings. The van der Waals surface area contributed by atoms with E-state index in [1.165, 1.54) is 11.8 Å². The van der Waals surface area contributed by atoms with Crippen LogP contribution in [-0.2, 0) is 14.4 Å². The Bertz CT molecular complexity index is 764. The van der Waals surface area contributed by atoms with Crippen LogP contribution in [0.15, 0.2) is 23.4 Å². The van der Waals surface area contributed by atoms with Crippen molar-refractivity contribution in [3.63, 3.8) is 0 Å². The van der Waals surface area contributed by atoms with Crippen LogP contribution in [0.5, 0.6) is 5.75 Å². The van der Waals surface area contributed by atoms with E-state index in [0.29, 0.717) is 23.8 Å². The van der Waals surface area contributed by atoms with E-state index < -0.39 is 6.09 Å². The first-order valence-corrected chi connectivity index (χ1v) is 8.81. The largest absolute Gasteiger partial charge is 0.483 e. The minimum Gasteiger partial charge on any atom is -0.483 e. The van der Waals surface area contributed by atoms with Crippen molar-refractivity contribution < 1.29 is 23.9 Å². The van der Waals surface area contributed by atoms with Crippen LogP contribution in [0.2, 0.25) is 0 Å². The second-order valence-corrected chi connectivity index (χ2v) is 6.71. The Morgan fingerprint density at radius 3 is 2.93 bits per heavy atom. The molecule has 2 aliphatic rings. The summed E-state index contributed by atoms with van der Waals surface area (Å²) >= 11 is 0. The smallest absolute Gasteiger partial charge is 0.414 e. The molecule has 0 unspecified atom stereocenters. The monoisotopic (exact) mass is 376 g/mol. The lowest BCUT2D eigenvalue weighted by atomic mass is 10.2. The number of cyclic esters (lactones) is 1. The van der Waals surface area contributed by atoms with E-state index in [1.54, 1.807) is 6.07 Å². The topological polar surface area (TPSA) is 92.7 Å². The highest BCUT2D eigenvalue weighted by molar-refractivity contribution is 6.01. The Kier molecular flexibility index (Phi) is 5.38. The minimum absolute atomic E-state index is 0.0127. The minimum atomic E-state index is -0.443. The van der Waals surface area contributed by atoms with Gasteiger partial charge in [0.15, 0.2) is 5.84 Å². The molecular weight excluding hydrogens is 352 g/mol. The highest BCUT2D eigenvalue weighted by Gasteiger charge is 2.33. The van der Waals surface area contributed by atoms with Gasteiger partial charge in [-0.1, -0.05) is 5.16 Å². The number of anilines is 2. The van der Waals surface area contributed by atoms with Gasteiger partial charge in [-0.25, -0.2) is 4.79 Å². The quantitative estimate of drug-likeness (QED) is 0.787. The molecule has 0 aromatic heterocycles. The molecule has 1 atom stereocenters. The number of carbonyl (C=O) groups excluding carboxylic acids is 2. The molecule has 2 heterocycles. The van der Waals surface area contributed by atoms with Crippen molar-refractivity contribution in [2.45, 2.75) is 33.0 Å². The fourth-order valence-corrected chi connectivity index (χ4v) is 2.79. The van der Waals surface area contributed by atoms with Crippen LogP contribution in [0.3, 0.4) is 0 Å². The van der Waals surface area contributed by atoms with E-state index in [4.69, 9.17) is 14.3 Å². The second kappa shape index (κ2) is 7.73. The summed E-state index contributed by atoms with van der Waals surface area (Å²) in [6, 6.07) is 5.49. The van der Waals surface area contributed by atoms with Gasteiger partial charge < -0.3 is 24.5 Å². The van der Waals surface area contributed by atoms with E-state index in [0.717, 1.165) is 5.69 Å². The zero-order valence-corrected chi connectivity index (χ0v) is 15.9. The number of hydrogen-bond donors (Lipinski definition) is 1. The summed E-state index contributed by atoms with van der Waals surface area (Å²) in [5, 5.41) is 6.78. The number of fused-ring (bicyclic) bond motifs is 1. The number of ether oxygens (including phenoxy) is 2. The standard InChI is InChI=1S/C18H24N4O5/c1-11(2)27-20-17-10-25-16-7-13(5-6-15(16)21(17)4)22-9-14(26-18(22)24)8-19-12(3)23/h5-7,11,14H,8-10H2,1-4H3,(H,19,23)/b20-17+/t14-/m0/s1. The van der Waals surface area contributed by atoms with Crippen LogP contribution in [0.1, 0.15) is 20.8 Å². The SMILES string of the molecule is CC(=O)NC[C@H]1CN(c2ccc3c(c2)OC/C(=N\OC(C)C)N3C)C(=O)O1. The molecule has 1 aromatic carbocycles. The van der Waals surface area contributed by atoms with Crippen LogP contribution >= 0.6 is 0 Å². The zero-order chi connectivity index (χ0) is 19.6. The van der Waals surface area contributed by atoms with Crippen LogP contribution in [-0.4, -0.2) is 56.8 Å². The first-order chi connectivity index (χ1) is 12.8. The van der Waals surface area contributed by atoms with E-state index in [9.17, 15) is 9.59 Å². The van der Waals surface area contributed by atoms with Crippen molar-refractivity contribution in [3.05, 3.63) is 18.2 Å². The molecule has 0 aliphatic carbocycles. The van der Waals surface area contributed by atoms with Gasteiger partial charge >= 0.3 is 6.09 Å². The molecule has 2 aliphatic heterocycles. The van der Waals surface area contributed by atoms with Crippen LogP contribution in [0.25, 0.3) is 0 Å². The van der Waals surface area contributed by atoms with Crippen LogP contribution in [0, 0.1) is 0 Å². The van der Waals surface area contributed by atoms with Crippen LogP contribution < -0.4 is 19.9 Å². The van der Waals surface area contributed by atoms with Crippen LogP contribution in [0.4, 0.5) is 16.2 Å². The van der Waals surface area contributed by atoms with E-state index in [1.807, 2.05) is 37.9 Å². The molecule has 1 saturated heterocycles. The first kappa shape index (κ1) is 18.8. The van der Waals surface area contributed by atoms with Crippen molar-refractivity contribution in [2.75, 3.05) is 36.5 Å². The molecule has 9 nitrogen and oxygen atoms in total. The fourth-order valence-electron chi connectivity index (χ4n) is 2.79. The molecule has 1 fully saturated rings. The second-order valence-electron chi connectivity index (χ2n) is 6.71. The first-order valence-electron chi connectivity index (χ1n) is 8.81. The molecule has 0 saturated carbocycles. The molecule has 0 spiro atoms. The highest BCUT2D eigenvalue weighted by atomic mass is 16.6. The highest BCUT2D eigenvalue weighted by Crippen LogP contribution is 2.36. The van der Waals surface area contributed by atoms with Gasteiger partial charge in [-0.05, 0) is 26.0 Å². The molecule has 27 heavy (non-hydrogen) atoms. The number of rotatable bonds is 5. The fraction of sp³-hybridized carbons (Fsp3) is 0.500. The molecule has 146 valence electrons. The third kappa shape index (κ3) is 4.24. The lowest BCUT2D eigenvalue weighted by Crippen LogP contribution is -2.36. The predicted molar refractivity (Wildman–Crippen MR) is 100 cm³/mol. The summed E-state index contributed by atoms with van der Waals surface area (Å²) in [5.74, 6) is 1.16. The average molecular weight is 376 g/mol. The molecule has 2 amide bonds. The molecular formula is C18H24N4O5. The Morgan fingerprint density at radius 1 is 1.44 bits per heavy atom. The average Bonchev–Trinajstić information content (AvgIpc) is 3.00. The van der Waals surface area contributed by atoms with Gasteiger partial charge in [-0.2, -0.15) is 0 Å². The molecule has 3 rings (SSSR count). The maximum absolute atomic E-state index is 12.2. The number of carbonyl (C=O) groups is 2. The van der Waals surface area contributed by atoms with Gasteiger partial charge in [0.1, 0.15) is 24.6 Å². The van der Waals surface area contributed by atoms with E-state index in [-0.39, 0.29) is 31.3 Å². The zero-order valence-electron chi connectivity index (χ0n) is 15.9. The lowest BCUT2D eigenvalue weighted by molar-refractivity contribution is -0.119. The molecule has 0 bridgehead atoms. The number of amides is 2. The van der Waals surface area contributed by atoms with Gasteiger partial charge in [0.05, 0.1) is 24.5 Å². The van der Waals surface area contributed by atoms with E-state index >= 15 is 0 Å². The Balaban J connectivity index is 1.73. The van der Waals surface area contributed by atoms with E-state index in [2.05, 4.69) is 10.5 Å².